The van der Waals surface area contributed by atoms with Crippen LogP contribution in [0.5, 0.6) is 0 Å². The van der Waals surface area contributed by atoms with Crippen LogP contribution in [0.2, 0.25) is 0 Å². The Balaban J connectivity index is 2.46. The first-order valence-corrected chi connectivity index (χ1v) is 7.88. The van der Waals surface area contributed by atoms with Gasteiger partial charge in [0.25, 0.3) is 10.0 Å². The fraction of sp³-hybridized carbons (Fsp3) is 0.0769. The van der Waals surface area contributed by atoms with E-state index in [-0.39, 0.29) is 10.5 Å². The third kappa shape index (κ3) is 3.17. The van der Waals surface area contributed by atoms with Gasteiger partial charge in [0.1, 0.15) is 5.82 Å². The fourth-order valence-electron chi connectivity index (χ4n) is 1.65. The highest BCUT2D eigenvalue weighted by atomic mass is 79.9. The molecule has 0 aliphatic carbocycles. The number of benzene rings is 2. The number of halogens is 2. The Hall–Kier alpha value is -1.44. The van der Waals surface area contributed by atoms with Gasteiger partial charge in [-0.3, -0.25) is 4.72 Å². The SMILES string of the molecule is O=S(=O)(Nc1ccccc1Br)c1cc(F)ccc1CO. The molecule has 0 fully saturated rings. The van der Waals surface area contributed by atoms with Crippen LogP contribution in [0, 0.1) is 5.82 Å². The zero-order valence-corrected chi connectivity index (χ0v) is 12.6. The minimum Gasteiger partial charge on any atom is -0.392 e. The number of aliphatic hydroxyl groups excluding tert-OH is 1. The molecule has 0 unspecified atom stereocenters. The zero-order valence-electron chi connectivity index (χ0n) is 10.2. The summed E-state index contributed by atoms with van der Waals surface area (Å²) in [7, 11) is -3.98. The van der Waals surface area contributed by atoms with E-state index in [2.05, 4.69) is 20.7 Å². The molecule has 0 saturated heterocycles. The van der Waals surface area contributed by atoms with E-state index in [1.165, 1.54) is 6.07 Å². The van der Waals surface area contributed by atoms with Crippen LogP contribution >= 0.6 is 15.9 Å². The van der Waals surface area contributed by atoms with Gasteiger partial charge in [-0.2, -0.15) is 0 Å². The molecule has 4 nitrogen and oxygen atoms in total. The van der Waals surface area contributed by atoms with Gasteiger partial charge in [-0.1, -0.05) is 18.2 Å². The van der Waals surface area contributed by atoms with Gasteiger partial charge >= 0.3 is 0 Å². The lowest BCUT2D eigenvalue weighted by Crippen LogP contribution is -2.15. The number of aliphatic hydroxyl groups is 1. The Labute approximate surface area is 124 Å². The maximum Gasteiger partial charge on any atom is 0.262 e. The lowest BCUT2D eigenvalue weighted by atomic mass is 10.2. The summed E-state index contributed by atoms with van der Waals surface area (Å²) < 4.78 is 40.7. The average molecular weight is 360 g/mol. The maximum absolute atomic E-state index is 13.2. The monoisotopic (exact) mass is 359 g/mol. The lowest BCUT2D eigenvalue weighted by Gasteiger charge is -2.12. The van der Waals surface area contributed by atoms with E-state index in [1.54, 1.807) is 24.3 Å². The first kappa shape index (κ1) is 15.0. The molecule has 2 aromatic carbocycles. The minimum absolute atomic E-state index is 0.131. The predicted molar refractivity (Wildman–Crippen MR) is 77.3 cm³/mol. The van der Waals surface area contributed by atoms with E-state index in [1.807, 2.05) is 0 Å². The van der Waals surface area contributed by atoms with E-state index in [4.69, 9.17) is 5.11 Å². The van der Waals surface area contributed by atoms with Crippen LogP contribution in [0.15, 0.2) is 51.8 Å². The molecule has 0 atom stereocenters. The molecule has 0 amide bonds. The second-order valence-corrected chi connectivity index (χ2v) is 6.50. The molecule has 0 aromatic heterocycles. The van der Waals surface area contributed by atoms with Gasteiger partial charge in [-0.15, -0.1) is 0 Å². The van der Waals surface area contributed by atoms with Crippen LogP contribution in [0.3, 0.4) is 0 Å². The molecule has 0 aliphatic rings. The number of hydrogen-bond acceptors (Lipinski definition) is 3. The summed E-state index contributed by atoms with van der Waals surface area (Å²) in [6, 6.07) is 9.87. The van der Waals surface area contributed by atoms with Crippen molar-refractivity contribution in [2.75, 3.05) is 4.72 Å². The molecular formula is C13H11BrFNO3S. The van der Waals surface area contributed by atoms with Crippen molar-refractivity contribution < 1.29 is 17.9 Å². The summed E-state index contributed by atoms with van der Waals surface area (Å²) in [5.41, 5.74) is 0.464. The van der Waals surface area contributed by atoms with Crippen molar-refractivity contribution in [2.45, 2.75) is 11.5 Å². The fourth-order valence-corrected chi connectivity index (χ4v) is 3.49. The molecule has 0 spiro atoms. The number of sulfonamides is 1. The van der Waals surface area contributed by atoms with Crippen molar-refractivity contribution in [2.24, 2.45) is 0 Å². The molecule has 0 radical (unpaired) electrons. The van der Waals surface area contributed by atoms with Gasteiger partial charge in [0, 0.05) is 4.47 Å². The molecule has 7 heteroatoms. The Morgan fingerprint density at radius 3 is 2.55 bits per heavy atom. The van der Waals surface area contributed by atoms with Gasteiger partial charge in [0.05, 0.1) is 17.2 Å². The summed E-state index contributed by atoms with van der Waals surface area (Å²) in [4.78, 5) is -0.282. The van der Waals surface area contributed by atoms with Gasteiger partial charge < -0.3 is 5.11 Å². The second kappa shape index (κ2) is 5.90. The first-order chi connectivity index (χ1) is 9.44. The van der Waals surface area contributed by atoms with E-state index in [0.717, 1.165) is 12.1 Å². The van der Waals surface area contributed by atoms with Crippen molar-refractivity contribution in [1.82, 2.24) is 0 Å². The Kier molecular flexibility index (Phi) is 4.42. The predicted octanol–water partition coefficient (Wildman–Crippen LogP) is 2.88. The lowest BCUT2D eigenvalue weighted by molar-refractivity contribution is 0.278. The van der Waals surface area contributed by atoms with Crippen LogP contribution in [-0.2, 0) is 16.6 Å². The van der Waals surface area contributed by atoms with Crippen molar-refractivity contribution in [1.29, 1.82) is 0 Å². The van der Waals surface area contributed by atoms with Gasteiger partial charge in [0.15, 0.2) is 0 Å². The van der Waals surface area contributed by atoms with E-state index < -0.39 is 22.4 Å². The van der Waals surface area contributed by atoms with Crippen LogP contribution in [0.25, 0.3) is 0 Å². The summed E-state index contributed by atoms with van der Waals surface area (Å²) >= 11 is 3.22. The summed E-state index contributed by atoms with van der Waals surface area (Å²) in [6.45, 7) is -0.494. The van der Waals surface area contributed by atoms with Crippen molar-refractivity contribution in [3.63, 3.8) is 0 Å². The molecule has 106 valence electrons. The molecule has 0 heterocycles. The number of nitrogens with one attached hydrogen (secondary N) is 1. The van der Waals surface area contributed by atoms with Gasteiger partial charge in [-0.25, -0.2) is 12.8 Å². The van der Waals surface area contributed by atoms with Crippen LogP contribution in [0.1, 0.15) is 5.56 Å². The van der Waals surface area contributed by atoms with E-state index in [0.29, 0.717) is 10.2 Å². The van der Waals surface area contributed by atoms with Crippen LogP contribution in [-0.4, -0.2) is 13.5 Å². The quantitative estimate of drug-likeness (QED) is 0.881. The number of anilines is 1. The molecule has 0 bridgehead atoms. The molecule has 0 saturated carbocycles. The summed E-state index contributed by atoms with van der Waals surface area (Å²) in [5.74, 6) is -0.685. The number of para-hydroxylation sites is 1. The molecule has 2 aromatic rings. The molecule has 2 rings (SSSR count). The van der Waals surface area contributed by atoms with E-state index in [9.17, 15) is 12.8 Å². The number of hydrogen-bond donors (Lipinski definition) is 2. The topological polar surface area (TPSA) is 66.4 Å². The smallest absolute Gasteiger partial charge is 0.262 e. The van der Waals surface area contributed by atoms with Crippen LogP contribution in [0.4, 0.5) is 10.1 Å². The second-order valence-electron chi connectivity index (χ2n) is 4.00. The van der Waals surface area contributed by atoms with Crippen molar-refractivity contribution in [3.05, 3.63) is 58.3 Å². The Morgan fingerprint density at radius 2 is 1.90 bits per heavy atom. The van der Waals surface area contributed by atoms with Gasteiger partial charge in [-0.05, 0) is 45.8 Å². The average Bonchev–Trinajstić information content (AvgIpc) is 2.41. The van der Waals surface area contributed by atoms with Crippen molar-refractivity contribution >= 4 is 31.6 Å². The minimum atomic E-state index is -3.98. The molecule has 20 heavy (non-hydrogen) atoms. The molecular weight excluding hydrogens is 349 g/mol. The molecule has 2 N–H and O–H groups in total. The highest BCUT2D eigenvalue weighted by Gasteiger charge is 2.20. The van der Waals surface area contributed by atoms with Gasteiger partial charge in [0.2, 0.25) is 0 Å². The third-order valence-corrected chi connectivity index (χ3v) is 4.75. The normalized spacial score (nSPS) is 11.3. The first-order valence-electron chi connectivity index (χ1n) is 5.60. The standard InChI is InChI=1S/C13H11BrFNO3S/c14-11-3-1-2-4-12(11)16-20(18,19)13-7-10(15)6-5-9(13)8-17/h1-7,16-17H,8H2. The largest absolute Gasteiger partial charge is 0.392 e. The third-order valence-electron chi connectivity index (χ3n) is 2.61. The number of rotatable bonds is 4. The Morgan fingerprint density at radius 1 is 1.20 bits per heavy atom. The Bertz CT molecular complexity index is 734. The van der Waals surface area contributed by atoms with Crippen molar-refractivity contribution in [3.8, 4) is 0 Å². The zero-order chi connectivity index (χ0) is 14.8. The summed E-state index contributed by atoms with van der Waals surface area (Å²) in [5, 5.41) is 9.17. The highest BCUT2D eigenvalue weighted by Crippen LogP contribution is 2.26. The van der Waals surface area contributed by atoms with E-state index >= 15 is 0 Å². The highest BCUT2D eigenvalue weighted by molar-refractivity contribution is 9.10. The van der Waals surface area contributed by atoms with Crippen LogP contribution < -0.4 is 4.72 Å². The maximum atomic E-state index is 13.2. The molecule has 0 aliphatic heterocycles. The summed E-state index contributed by atoms with van der Waals surface area (Å²) in [6.07, 6.45) is 0.